The summed E-state index contributed by atoms with van der Waals surface area (Å²) in [7, 11) is 0. The lowest BCUT2D eigenvalue weighted by atomic mass is 10.3. The van der Waals surface area contributed by atoms with Crippen LogP contribution in [0.2, 0.25) is 0 Å². The van der Waals surface area contributed by atoms with Gasteiger partial charge in [-0.2, -0.15) is 9.78 Å². The molecule has 0 fully saturated rings. The number of hydrogen-bond donors (Lipinski definition) is 2. The van der Waals surface area contributed by atoms with E-state index < -0.39 is 11.8 Å². The number of carboxylic acids is 1. The van der Waals surface area contributed by atoms with Gasteiger partial charge in [0.1, 0.15) is 11.5 Å². The van der Waals surface area contributed by atoms with Crippen LogP contribution in [-0.4, -0.2) is 32.2 Å². The topological polar surface area (TPSA) is 87.7 Å². The van der Waals surface area contributed by atoms with Crippen LogP contribution in [0.5, 0.6) is 5.88 Å². The minimum Gasteiger partial charge on any atom is -0.492 e. The normalized spacial score (nSPS) is 11.1. The fraction of sp³-hybridized carbons (Fsp3) is 0.154. The highest BCUT2D eigenvalue weighted by Gasteiger charge is 2.14. The van der Waals surface area contributed by atoms with Crippen molar-refractivity contribution in [3.05, 3.63) is 35.8 Å². The summed E-state index contributed by atoms with van der Waals surface area (Å²) in [5.74, 6) is -1.63. The SMILES string of the molecule is Cc1nn(-c2ccc(F)cc2)c(O)c1N=CCC(=O)O. The number of rotatable bonds is 4. The van der Waals surface area contributed by atoms with Gasteiger partial charge in [-0.15, -0.1) is 0 Å². The molecule has 0 aliphatic carbocycles. The van der Waals surface area contributed by atoms with Crippen LogP contribution in [0.1, 0.15) is 12.1 Å². The molecule has 0 spiro atoms. The highest BCUT2D eigenvalue weighted by atomic mass is 19.1. The third-order valence-electron chi connectivity index (χ3n) is 2.56. The summed E-state index contributed by atoms with van der Waals surface area (Å²) in [5.41, 5.74) is 1.11. The van der Waals surface area contributed by atoms with Crippen LogP contribution in [-0.2, 0) is 4.79 Å². The Balaban J connectivity index is 2.35. The zero-order valence-corrected chi connectivity index (χ0v) is 10.6. The van der Waals surface area contributed by atoms with E-state index in [0.717, 1.165) is 0 Å². The number of hydrogen-bond acceptors (Lipinski definition) is 4. The summed E-state index contributed by atoms with van der Waals surface area (Å²) >= 11 is 0. The van der Waals surface area contributed by atoms with Crippen molar-refractivity contribution in [2.24, 2.45) is 4.99 Å². The average Bonchev–Trinajstić information content (AvgIpc) is 2.67. The predicted molar refractivity (Wildman–Crippen MR) is 70.3 cm³/mol. The van der Waals surface area contributed by atoms with Crippen LogP contribution >= 0.6 is 0 Å². The number of nitrogens with zero attached hydrogens (tertiary/aromatic N) is 3. The number of aliphatic imine (C=N–C) groups is 1. The lowest BCUT2D eigenvalue weighted by molar-refractivity contribution is -0.135. The molecule has 0 unspecified atom stereocenters. The summed E-state index contributed by atoms with van der Waals surface area (Å²) in [5, 5.41) is 22.7. The average molecular weight is 277 g/mol. The molecular formula is C13H12FN3O3. The quantitative estimate of drug-likeness (QED) is 0.838. The number of aliphatic carboxylic acids is 1. The first-order valence-corrected chi connectivity index (χ1v) is 5.78. The van der Waals surface area contributed by atoms with Gasteiger partial charge in [0.25, 0.3) is 0 Å². The summed E-state index contributed by atoms with van der Waals surface area (Å²) in [6, 6.07) is 5.43. The molecule has 1 aromatic heterocycles. The van der Waals surface area contributed by atoms with E-state index >= 15 is 0 Å². The van der Waals surface area contributed by atoms with Gasteiger partial charge in [-0.3, -0.25) is 9.79 Å². The molecule has 0 radical (unpaired) electrons. The van der Waals surface area contributed by atoms with Crippen LogP contribution in [0.3, 0.4) is 0 Å². The maximum Gasteiger partial charge on any atom is 0.308 e. The lowest BCUT2D eigenvalue weighted by Gasteiger charge is -2.02. The molecule has 6 nitrogen and oxygen atoms in total. The number of aromatic nitrogens is 2. The second kappa shape index (κ2) is 5.52. The van der Waals surface area contributed by atoms with Crippen LogP contribution in [0.15, 0.2) is 29.3 Å². The Morgan fingerprint density at radius 2 is 2.10 bits per heavy atom. The van der Waals surface area contributed by atoms with E-state index in [1.54, 1.807) is 6.92 Å². The van der Waals surface area contributed by atoms with Gasteiger partial charge in [0, 0.05) is 6.21 Å². The van der Waals surface area contributed by atoms with Gasteiger partial charge in [-0.25, -0.2) is 4.39 Å². The number of carboxylic acid groups (broad SMARTS) is 1. The van der Waals surface area contributed by atoms with E-state index in [9.17, 15) is 14.3 Å². The van der Waals surface area contributed by atoms with Crippen LogP contribution in [0, 0.1) is 12.7 Å². The maximum absolute atomic E-state index is 12.9. The molecule has 0 aliphatic heterocycles. The minimum absolute atomic E-state index is 0.190. The second-order valence-electron chi connectivity index (χ2n) is 4.06. The van der Waals surface area contributed by atoms with Crippen molar-refractivity contribution < 1.29 is 19.4 Å². The van der Waals surface area contributed by atoms with Crippen LogP contribution < -0.4 is 0 Å². The van der Waals surface area contributed by atoms with Gasteiger partial charge in [-0.1, -0.05) is 0 Å². The van der Waals surface area contributed by atoms with E-state index in [-0.39, 0.29) is 18.0 Å². The van der Waals surface area contributed by atoms with Crippen molar-refractivity contribution in [2.75, 3.05) is 0 Å². The van der Waals surface area contributed by atoms with E-state index in [1.165, 1.54) is 35.2 Å². The molecule has 0 atom stereocenters. The molecule has 0 aliphatic rings. The van der Waals surface area contributed by atoms with Gasteiger partial charge in [0.2, 0.25) is 5.88 Å². The zero-order chi connectivity index (χ0) is 14.7. The lowest BCUT2D eigenvalue weighted by Crippen LogP contribution is -1.95. The van der Waals surface area contributed by atoms with E-state index in [4.69, 9.17) is 5.11 Å². The fourth-order valence-corrected chi connectivity index (χ4v) is 1.64. The Morgan fingerprint density at radius 3 is 2.70 bits per heavy atom. The first kappa shape index (κ1) is 13.7. The molecule has 7 heteroatoms. The first-order chi connectivity index (χ1) is 9.49. The van der Waals surface area contributed by atoms with Crippen molar-refractivity contribution in [3.8, 4) is 11.6 Å². The third-order valence-corrected chi connectivity index (χ3v) is 2.56. The Bertz CT molecular complexity index is 662. The molecule has 1 heterocycles. The van der Waals surface area contributed by atoms with E-state index in [2.05, 4.69) is 10.1 Å². The molecule has 0 saturated carbocycles. The monoisotopic (exact) mass is 277 g/mol. The number of aromatic hydroxyl groups is 1. The number of halogens is 1. The number of benzene rings is 1. The minimum atomic E-state index is -1.02. The Morgan fingerprint density at radius 1 is 1.45 bits per heavy atom. The smallest absolute Gasteiger partial charge is 0.308 e. The molecule has 2 rings (SSSR count). The Labute approximate surface area is 113 Å². The Kier molecular flexibility index (Phi) is 3.79. The van der Waals surface area contributed by atoms with Gasteiger partial charge in [0.05, 0.1) is 17.8 Å². The van der Waals surface area contributed by atoms with Gasteiger partial charge >= 0.3 is 5.97 Å². The highest BCUT2D eigenvalue weighted by Crippen LogP contribution is 2.32. The Hall–Kier alpha value is -2.70. The second-order valence-corrected chi connectivity index (χ2v) is 4.06. The van der Waals surface area contributed by atoms with E-state index in [1.807, 2.05) is 0 Å². The molecular weight excluding hydrogens is 265 g/mol. The summed E-state index contributed by atoms with van der Waals surface area (Å²) < 4.78 is 14.1. The van der Waals surface area contributed by atoms with Crippen LogP contribution in [0.4, 0.5) is 10.1 Å². The van der Waals surface area contributed by atoms with Crippen molar-refractivity contribution in [3.63, 3.8) is 0 Å². The molecule has 2 N–H and O–H groups in total. The molecule has 0 saturated heterocycles. The van der Waals surface area contributed by atoms with Crippen molar-refractivity contribution in [2.45, 2.75) is 13.3 Å². The number of aryl methyl sites for hydroxylation is 1. The molecule has 0 bridgehead atoms. The van der Waals surface area contributed by atoms with Gasteiger partial charge < -0.3 is 10.2 Å². The fourth-order valence-electron chi connectivity index (χ4n) is 1.64. The summed E-state index contributed by atoms with van der Waals surface area (Å²) in [4.78, 5) is 14.3. The number of carbonyl (C=O) groups is 1. The maximum atomic E-state index is 12.9. The largest absolute Gasteiger partial charge is 0.492 e. The van der Waals surface area contributed by atoms with Crippen molar-refractivity contribution in [1.29, 1.82) is 0 Å². The molecule has 1 aromatic carbocycles. The van der Waals surface area contributed by atoms with Crippen LogP contribution in [0.25, 0.3) is 5.69 Å². The molecule has 0 amide bonds. The zero-order valence-electron chi connectivity index (χ0n) is 10.6. The third kappa shape index (κ3) is 2.82. The van der Waals surface area contributed by atoms with Gasteiger partial charge in [0.15, 0.2) is 0 Å². The molecule has 104 valence electrons. The molecule has 20 heavy (non-hydrogen) atoms. The highest BCUT2D eigenvalue weighted by molar-refractivity contribution is 5.86. The standard InChI is InChI=1S/C13H12FN3O3/c1-8-12(15-7-6-11(18)19)13(20)17(16-8)10-4-2-9(14)3-5-10/h2-5,7,20H,6H2,1H3,(H,18,19). The van der Waals surface area contributed by atoms with E-state index in [0.29, 0.717) is 11.4 Å². The predicted octanol–water partition coefficient (Wildman–Crippen LogP) is 2.20. The first-order valence-electron chi connectivity index (χ1n) is 5.78. The molecule has 2 aromatic rings. The van der Waals surface area contributed by atoms with Crippen molar-refractivity contribution in [1.82, 2.24) is 9.78 Å². The summed E-state index contributed by atoms with van der Waals surface area (Å²) in [6.45, 7) is 1.63. The van der Waals surface area contributed by atoms with Gasteiger partial charge in [-0.05, 0) is 31.2 Å². The van der Waals surface area contributed by atoms with Crippen molar-refractivity contribution >= 4 is 17.9 Å². The summed E-state index contributed by atoms with van der Waals surface area (Å²) in [6.07, 6.45) is 0.932.